The highest BCUT2D eigenvalue weighted by Crippen LogP contribution is 2.37. The number of thioether (sulfide) groups is 1. The summed E-state index contributed by atoms with van der Waals surface area (Å²) in [4.78, 5) is 16.5. The van der Waals surface area contributed by atoms with Gasteiger partial charge in [-0.2, -0.15) is 13.2 Å². The van der Waals surface area contributed by atoms with Crippen LogP contribution in [0.3, 0.4) is 0 Å². The van der Waals surface area contributed by atoms with E-state index in [9.17, 15) is 18.0 Å². The number of amides is 1. The Morgan fingerprint density at radius 3 is 2.62 bits per heavy atom. The van der Waals surface area contributed by atoms with Crippen LogP contribution in [0.5, 0.6) is 11.5 Å². The zero-order chi connectivity index (χ0) is 21.0. The SMILES string of the molecule is CCOc1ccc(/C=C2\SC(=Nc3ccccc3C(F)(F)F)NC2=O)cc1OC. The van der Waals surface area contributed by atoms with Crippen LogP contribution in [-0.4, -0.2) is 24.8 Å². The minimum absolute atomic E-state index is 0.0795. The molecule has 2 aromatic rings. The lowest BCUT2D eigenvalue weighted by Gasteiger charge is -2.09. The lowest BCUT2D eigenvalue weighted by molar-refractivity contribution is -0.137. The molecule has 29 heavy (non-hydrogen) atoms. The first-order valence-corrected chi connectivity index (χ1v) is 9.40. The van der Waals surface area contributed by atoms with Gasteiger partial charge in [0, 0.05) is 0 Å². The van der Waals surface area contributed by atoms with E-state index in [0.717, 1.165) is 17.8 Å². The zero-order valence-corrected chi connectivity index (χ0v) is 16.4. The number of aliphatic imine (C=N–C) groups is 1. The van der Waals surface area contributed by atoms with Gasteiger partial charge in [-0.05, 0) is 54.6 Å². The van der Waals surface area contributed by atoms with Gasteiger partial charge in [-0.1, -0.05) is 18.2 Å². The number of nitrogens with one attached hydrogen (secondary N) is 1. The number of carbonyl (C=O) groups excluding carboxylic acids is 1. The van der Waals surface area contributed by atoms with Crippen molar-refractivity contribution in [3.63, 3.8) is 0 Å². The Morgan fingerprint density at radius 1 is 1.17 bits per heavy atom. The quantitative estimate of drug-likeness (QED) is 0.689. The topological polar surface area (TPSA) is 59.9 Å². The maximum absolute atomic E-state index is 13.1. The van der Waals surface area contributed by atoms with Crippen LogP contribution in [0.1, 0.15) is 18.1 Å². The van der Waals surface area contributed by atoms with Crippen LogP contribution in [0.2, 0.25) is 0 Å². The fourth-order valence-electron chi connectivity index (χ4n) is 2.60. The number of methoxy groups -OCH3 is 1. The van der Waals surface area contributed by atoms with E-state index in [-0.39, 0.29) is 10.9 Å². The molecule has 0 spiro atoms. The van der Waals surface area contributed by atoms with Gasteiger partial charge in [0.05, 0.1) is 29.9 Å². The van der Waals surface area contributed by atoms with Crippen molar-refractivity contribution < 1.29 is 27.4 Å². The summed E-state index contributed by atoms with van der Waals surface area (Å²) in [7, 11) is 1.51. The number of rotatable bonds is 5. The molecular weight excluding hydrogens is 405 g/mol. The van der Waals surface area contributed by atoms with Crippen LogP contribution in [0.4, 0.5) is 18.9 Å². The van der Waals surface area contributed by atoms with Crippen LogP contribution in [-0.2, 0) is 11.0 Å². The van der Waals surface area contributed by atoms with Gasteiger partial charge >= 0.3 is 6.18 Å². The average molecular weight is 422 g/mol. The first-order valence-electron chi connectivity index (χ1n) is 8.58. The summed E-state index contributed by atoms with van der Waals surface area (Å²) >= 11 is 0.967. The van der Waals surface area contributed by atoms with E-state index in [1.807, 2.05) is 6.92 Å². The van der Waals surface area contributed by atoms with Crippen LogP contribution in [0.25, 0.3) is 6.08 Å². The summed E-state index contributed by atoms with van der Waals surface area (Å²) in [6.45, 7) is 2.33. The van der Waals surface area contributed by atoms with Crippen molar-refractivity contribution in [1.29, 1.82) is 0 Å². The van der Waals surface area contributed by atoms with Crippen molar-refractivity contribution in [1.82, 2.24) is 5.32 Å². The fourth-order valence-corrected chi connectivity index (χ4v) is 3.44. The van der Waals surface area contributed by atoms with Gasteiger partial charge in [0.1, 0.15) is 0 Å². The number of para-hydroxylation sites is 1. The number of carbonyl (C=O) groups is 1. The van der Waals surface area contributed by atoms with E-state index >= 15 is 0 Å². The van der Waals surface area contributed by atoms with Crippen molar-refractivity contribution in [2.24, 2.45) is 4.99 Å². The monoisotopic (exact) mass is 422 g/mol. The summed E-state index contributed by atoms with van der Waals surface area (Å²) in [6.07, 6.45) is -2.93. The van der Waals surface area contributed by atoms with Gasteiger partial charge in [-0.15, -0.1) is 0 Å². The lowest BCUT2D eigenvalue weighted by Crippen LogP contribution is -2.19. The summed E-state index contributed by atoms with van der Waals surface area (Å²) in [6, 6.07) is 10.1. The fraction of sp³-hybridized carbons (Fsp3) is 0.200. The summed E-state index contributed by atoms with van der Waals surface area (Å²) in [5, 5.41) is 2.57. The number of amidine groups is 1. The Kier molecular flexibility index (Phi) is 6.17. The molecule has 0 saturated carbocycles. The first kappa shape index (κ1) is 20.8. The van der Waals surface area contributed by atoms with Gasteiger partial charge < -0.3 is 14.8 Å². The van der Waals surface area contributed by atoms with Crippen molar-refractivity contribution in [2.75, 3.05) is 13.7 Å². The molecule has 1 saturated heterocycles. The van der Waals surface area contributed by atoms with Crippen LogP contribution >= 0.6 is 11.8 Å². The van der Waals surface area contributed by atoms with Gasteiger partial charge in [0.2, 0.25) is 0 Å². The van der Waals surface area contributed by atoms with Crippen molar-refractivity contribution in [3.8, 4) is 11.5 Å². The second-order valence-corrected chi connectivity index (χ2v) is 6.87. The molecule has 1 amide bonds. The van der Waals surface area contributed by atoms with Crippen LogP contribution in [0.15, 0.2) is 52.4 Å². The molecule has 0 unspecified atom stereocenters. The Bertz CT molecular complexity index is 987. The molecule has 0 atom stereocenters. The summed E-state index contributed by atoms with van der Waals surface area (Å²) in [5.74, 6) is 0.648. The number of alkyl halides is 3. The van der Waals surface area contributed by atoms with Crippen molar-refractivity contribution >= 4 is 34.6 Å². The van der Waals surface area contributed by atoms with E-state index in [0.29, 0.717) is 28.6 Å². The Hall–Kier alpha value is -2.94. The van der Waals surface area contributed by atoms with E-state index in [2.05, 4.69) is 10.3 Å². The minimum Gasteiger partial charge on any atom is -0.493 e. The van der Waals surface area contributed by atoms with Gasteiger partial charge in [-0.25, -0.2) is 4.99 Å². The summed E-state index contributed by atoms with van der Waals surface area (Å²) < 4.78 is 50.1. The highest BCUT2D eigenvalue weighted by Gasteiger charge is 2.34. The van der Waals surface area contributed by atoms with Crippen LogP contribution < -0.4 is 14.8 Å². The standard InChI is InChI=1S/C20H17F3N2O3S/c1-3-28-15-9-8-12(10-16(15)27-2)11-17-18(26)25-19(29-17)24-14-7-5-4-6-13(14)20(21,22)23/h4-11H,3H2,1-2H3,(H,24,25,26)/b17-11-. The summed E-state index contributed by atoms with van der Waals surface area (Å²) in [5.41, 5.74) is -0.442. The largest absolute Gasteiger partial charge is 0.493 e. The third kappa shape index (κ3) is 4.92. The number of hydrogen-bond acceptors (Lipinski definition) is 5. The number of ether oxygens (including phenoxy) is 2. The highest BCUT2D eigenvalue weighted by molar-refractivity contribution is 8.18. The molecule has 1 N–H and O–H groups in total. The molecule has 0 radical (unpaired) electrons. The predicted octanol–water partition coefficient (Wildman–Crippen LogP) is 5.00. The molecule has 1 aliphatic heterocycles. The Balaban J connectivity index is 1.87. The first-order chi connectivity index (χ1) is 13.8. The molecule has 3 rings (SSSR count). The van der Waals surface area contributed by atoms with Crippen molar-refractivity contribution in [3.05, 3.63) is 58.5 Å². The third-order valence-electron chi connectivity index (χ3n) is 3.87. The second kappa shape index (κ2) is 8.60. The van der Waals surface area contributed by atoms with Crippen molar-refractivity contribution in [2.45, 2.75) is 13.1 Å². The molecule has 152 valence electrons. The third-order valence-corrected chi connectivity index (χ3v) is 4.78. The molecular formula is C20H17F3N2O3S. The molecule has 9 heteroatoms. The maximum atomic E-state index is 13.1. The number of benzene rings is 2. The molecule has 5 nitrogen and oxygen atoms in total. The number of nitrogens with zero attached hydrogens (tertiary/aromatic N) is 1. The lowest BCUT2D eigenvalue weighted by atomic mass is 10.2. The smallest absolute Gasteiger partial charge is 0.418 e. The zero-order valence-electron chi connectivity index (χ0n) is 15.5. The Morgan fingerprint density at radius 2 is 1.93 bits per heavy atom. The van der Waals surface area contributed by atoms with E-state index < -0.39 is 17.6 Å². The van der Waals surface area contributed by atoms with E-state index in [1.165, 1.54) is 25.3 Å². The average Bonchev–Trinajstić information content (AvgIpc) is 3.01. The normalized spacial score (nSPS) is 16.9. The van der Waals surface area contributed by atoms with Gasteiger partial charge in [0.15, 0.2) is 16.7 Å². The van der Waals surface area contributed by atoms with Gasteiger partial charge in [0.25, 0.3) is 5.91 Å². The molecule has 1 fully saturated rings. The number of hydrogen-bond donors (Lipinski definition) is 1. The van der Waals surface area contributed by atoms with Gasteiger partial charge in [-0.3, -0.25) is 4.79 Å². The molecule has 1 heterocycles. The van der Waals surface area contributed by atoms with E-state index in [4.69, 9.17) is 9.47 Å². The molecule has 2 aromatic carbocycles. The second-order valence-electron chi connectivity index (χ2n) is 5.84. The molecule has 1 aliphatic rings. The minimum atomic E-state index is -4.54. The molecule has 0 aromatic heterocycles. The Labute approximate surface area is 169 Å². The molecule has 0 aliphatic carbocycles. The van der Waals surface area contributed by atoms with E-state index in [1.54, 1.807) is 24.3 Å². The molecule has 0 bridgehead atoms. The predicted molar refractivity (Wildman–Crippen MR) is 106 cm³/mol. The maximum Gasteiger partial charge on any atom is 0.418 e. The highest BCUT2D eigenvalue weighted by atomic mass is 32.2. The van der Waals surface area contributed by atoms with Crippen LogP contribution in [0, 0.1) is 0 Å². The number of halogens is 3.